The van der Waals surface area contributed by atoms with Gasteiger partial charge in [-0.25, -0.2) is 0 Å². The molecule has 0 aliphatic carbocycles. The predicted molar refractivity (Wildman–Crippen MR) is 89.2 cm³/mol. The van der Waals surface area contributed by atoms with E-state index in [1.807, 2.05) is 6.07 Å². The normalized spacial score (nSPS) is 13.4. The van der Waals surface area contributed by atoms with Crippen LogP contribution >= 0.6 is 0 Å². The average molecular weight is 295 g/mol. The second-order valence-electron chi connectivity index (χ2n) is 5.34. The highest BCUT2D eigenvalue weighted by atomic mass is 16.5. The molecule has 1 aliphatic heterocycles. The average Bonchev–Trinajstić information content (AvgIpc) is 2.60. The minimum atomic E-state index is 0.771. The van der Waals surface area contributed by atoms with E-state index in [-0.39, 0.29) is 0 Å². The Balaban J connectivity index is 2.16. The Morgan fingerprint density at radius 3 is 2.32 bits per heavy atom. The van der Waals surface area contributed by atoms with Crippen molar-refractivity contribution in [1.82, 2.24) is 4.90 Å². The molecule has 3 heteroatoms. The quantitative estimate of drug-likeness (QED) is 0.853. The van der Waals surface area contributed by atoms with E-state index in [2.05, 4.69) is 54.4 Å². The molecule has 0 aromatic heterocycles. The van der Waals surface area contributed by atoms with Crippen LogP contribution in [0.15, 0.2) is 48.7 Å². The van der Waals surface area contributed by atoms with Gasteiger partial charge in [-0.3, -0.25) is 0 Å². The third-order valence-electron chi connectivity index (χ3n) is 4.08. The van der Waals surface area contributed by atoms with E-state index in [1.54, 1.807) is 14.2 Å². The molecule has 0 bridgehead atoms. The van der Waals surface area contributed by atoms with Gasteiger partial charge in [0.1, 0.15) is 0 Å². The lowest BCUT2D eigenvalue weighted by Gasteiger charge is -2.29. The molecule has 3 rings (SSSR count). The van der Waals surface area contributed by atoms with Crippen molar-refractivity contribution >= 4 is 5.57 Å². The van der Waals surface area contributed by atoms with Crippen molar-refractivity contribution < 1.29 is 9.47 Å². The largest absolute Gasteiger partial charge is 0.493 e. The monoisotopic (exact) mass is 295 g/mol. The molecule has 1 heterocycles. The van der Waals surface area contributed by atoms with E-state index >= 15 is 0 Å². The number of hydrogen-bond acceptors (Lipinski definition) is 3. The van der Waals surface area contributed by atoms with Crippen molar-refractivity contribution in [2.24, 2.45) is 0 Å². The van der Waals surface area contributed by atoms with Crippen molar-refractivity contribution in [3.63, 3.8) is 0 Å². The molecule has 0 spiro atoms. The Morgan fingerprint density at radius 2 is 1.68 bits per heavy atom. The van der Waals surface area contributed by atoms with Crippen LogP contribution in [0, 0.1) is 0 Å². The summed E-state index contributed by atoms with van der Waals surface area (Å²) in [7, 11) is 3.36. The first-order chi connectivity index (χ1) is 10.8. The summed E-state index contributed by atoms with van der Waals surface area (Å²) in [6, 6.07) is 14.6. The molecule has 0 N–H and O–H groups in total. The zero-order valence-corrected chi connectivity index (χ0v) is 13.3. The fraction of sp³-hybridized carbons (Fsp3) is 0.263. The third-order valence-corrected chi connectivity index (χ3v) is 4.08. The van der Waals surface area contributed by atoms with Crippen LogP contribution in [-0.4, -0.2) is 25.7 Å². The van der Waals surface area contributed by atoms with Gasteiger partial charge in [-0.1, -0.05) is 30.3 Å². The Bertz CT molecular complexity index is 692. The summed E-state index contributed by atoms with van der Waals surface area (Å²) in [5.41, 5.74) is 4.92. The van der Waals surface area contributed by atoms with Crippen LogP contribution in [0.1, 0.15) is 23.6 Å². The predicted octanol–water partition coefficient (Wildman–Crippen LogP) is 3.93. The maximum absolute atomic E-state index is 5.47. The highest BCUT2D eigenvalue weighted by molar-refractivity contribution is 5.83. The highest BCUT2D eigenvalue weighted by Crippen LogP contribution is 2.38. The maximum Gasteiger partial charge on any atom is 0.161 e. The van der Waals surface area contributed by atoms with E-state index in [0.29, 0.717) is 0 Å². The Labute approximate surface area is 131 Å². The SMILES string of the molecule is CCN1C=C(c2ccccc2)c2cc(OC)c(OC)cc2C1. The van der Waals surface area contributed by atoms with Gasteiger partial charge in [0, 0.05) is 24.9 Å². The molecule has 0 radical (unpaired) electrons. The van der Waals surface area contributed by atoms with Crippen molar-refractivity contribution in [3.8, 4) is 11.5 Å². The smallest absolute Gasteiger partial charge is 0.161 e. The first-order valence-corrected chi connectivity index (χ1v) is 7.53. The summed E-state index contributed by atoms with van der Waals surface area (Å²) < 4.78 is 10.9. The Morgan fingerprint density at radius 1 is 1.00 bits per heavy atom. The number of benzene rings is 2. The summed E-state index contributed by atoms with van der Waals surface area (Å²) in [4.78, 5) is 2.32. The van der Waals surface area contributed by atoms with Crippen molar-refractivity contribution in [1.29, 1.82) is 0 Å². The van der Waals surface area contributed by atoms with Crippen LogP contribution in [-0.2, 0) is 6.54 Å². The molecule has 1 aliphatic rings. The minimum absolute atomic E-state index is 0.771. The fourth-order valence-corrected chi connectivity index (χ4v) is 2.87. The Kier molecular flexibility index (Phi) is 4.05. The van der Waals surface area contributed by atoms with Crippen LogP contribution < -0.4 is 9.47 Å². The fourth-order valence-electron chi connectivity index (χ4n) is 2.87. The van der Waals surface area contributed by atoms with Gasteiger partial charge in [-0.05, 0) is 35.7 Å². The molecule has 2 aromatic rings. The molecule has 0 fully saturated rings. The number of ether oxygens (including phenoxy) is 2. The Hall–Kier alpha value is -2.42. The second-order valence-corrected chi connectivity index (χ2v) is 5.34. The van der Waals surface area contributed by atoms with E-state index in [0.717, 1.165) is 24.6 Å². The van der Waals surface area contributed by atoms with E-state index in [1.165, 1.54) is 22.3 Å². The summed E-state index contributed by atoms with van der Waals surface area (Å²) >= 11 is 0. The lowest BCUT2D eigenvalue weighted by molar-refractivity contribution is 0.350. The molecule has 0 unspecified atom stereocenters. The standard InChI is InChI=1S/C19H21NO2/c1-4-20-12-15-10-18(21-2)19(22-3)11-16(15)17(13-20)14-8-6-5-7-9-14/h5-11,13H,4,12H2,1-3H3. The number of nitrogens with zero attached hydrogens (tertiary/aromatic N) is 1. The first kappa shape index (κ1) is 14.5. The zero-order chi connectivity index (χ0) is 15.5. The van der Waals surface area contributed by atoms with Gasteiger partial charge in [0.25, 0.3) is 0 Å². The highest BCUT2D eigenvalue weighted by Gasteiger charge is 2.21. The van der Waals surface area contributed by atoms with Gasteiger partial charge < -0.3 is 14.4 Å². The van der Waals surface area contributed by atoms with Crippen LogP contribution in [0.4, 0.5) is 0 Å². The van der Waals surface area contributed by atoms with Gasteiger partial charge >= 0.3 is 0 Å². The summed E-state index contributed by atoms with van der Waals surface area (Å²) in [6.07, 6.45) is 2.24. The van der Waals surface area contributed by atoms with Crippen molar-refractivity contribution in [3.05, 3.63) is 65.4 Å². The molecule has 0 saturated carbocycles. The zero-order valence-electron chi connectivity index (χ0n) is 13.3. The number of fused-ring (bicyclic) bond motifs is 1. The van der Waals surface area contributed by atoms with Crippen molar-refractivity contribution in [2.75, 3.05) is 20.8 Å². The van der Waals surface area contributed by atoms with Gasteiger partial charge in [-0.15, -0.1) is 0 Å². The van der Waals surface area contributed by atoms with Crippen LogP contribution in [0.2, 0.25) is 0 Å². The van der Waals surface area contributed by atoms with Gasteiger partial charge in [0.05, 0.1) is 14.2 Å². The van der Waals surface area contributed by atoms with E-state index in [9.17, 15) is 0 Å². The molecule has 2 aromatic carbocycles. The lowest BCUT2D eigenvalue weighted by atomic mass is 9.91. The topological polar surface area (TPSA) is 21.7 Å². The van der Waals surface area contributed by atoms with E-state index in [4.69, 9.17) is 9.47 Å². The lowest BCUT2D eigenvalue weighted by Crippen LogP contribution is -2.21. The van der Waals surface area contributed by atoms with Crippen molar-refractivity contribution in [2.45, 2.75) is 13.5 Å². The molecule has 114 valence electrons. The van der Waals surface area contributed by atoms with Gasteiger partial charge in [-0.2, -0.15) is 0 Å². The van der Waals surface area contributed by atoms with Crippen LogP contribution in [0.5, 0.6) is 11.5 Å². The van der Waals surface area contributed by atoms with Gasteiger partial charge in [0.2, 0.25) is 0 Å². The third kappa shape index (κ3) is 2.54. The number of rotatable bonds is 4. The van der Waals surface area contributed by atoms with Gasteiger partial charge in [0.15, 0.2) is 11.5 Å². The second kappa shape index (κ2) is 6.14. The van der Waals surface area contributed by atoms with Crippen LogP contribution in [0.25, 0.3) is 5.57 Å². The minimum Gasteiger partial charge on any atom is -0.493 e. The summed E-state index contributed by atoms with van der Waals surface area (Å²) in [5.74, 6) is 1.56. The molecule has 22 heavy (non-hydrogen) atoms. The molecule has 0 amide bonds. The maximum atomic E-state index is 5.47. The molecule has 3 nitrogen and oxygen atoms in total. The first-order valence-electron chi connectivity index (χ1n) is 7.53. The molecule has 0 saturated heterocycles. The van der Waals surface area contributed by atoms with Crippen LogP contribution in [0.3, 0.4) is 0 Å². The molecular formula is C19H21NO2. The van der Waals surface area contributed by atoms with E-state index < -0.39 is 0 Å². The number of methoxy groups -OCH3 is 2. The number of hydrogen-bond donors (Lipinski definition) is 0. The summed E-state index contributed by atoms with van der Waals surface area (Å²) in [6.45, 7) is 4.04. The molecule has 0 atom stereocenters. The molecular weight excluding hydrogens is 274 g/mol. The summed E-state index contributed by atoms with van der Waals surface area (Å²) in [5, 5.41) is 0.